The number of benzene rings is 1. The van der Waals surface area contributed by atoms with E-state index < -0.39 is 5.60 Å². The summed E-state index contributed by atoms with van der Waals surface area (Å²) in [6, 6.07) is 5.90. The van der Waals surface area contributed by atoms with Crippen molar-refractivity contribution in [2.75, 3.05) is 32.8 Å². The van der Waals surface area contributed by atoms with Gasteiger partial charge in [0.15, 0.2) is 0 Å². The van der Waals surface area contributed by atoms with E-state index >= 15 is 0 Å². The highest BCUT2D eigenvalue weighted by atomic mass is 16.5. The average molecular weight is 604 g/mol. The minimum Gasteiger partial charge on any atom is -0.494 e. The van der Waals surface area contributed by atoms with Crippen LogP contribution in [0.3, 0.4) is 0 Å². The number of ether oxygens (including phenoxy) is 2. The van der Waals surface area contributed by atoms with Crippen molar-refractivity contribution in [2.24, 2.45) is 5.92 Å². The van der Waals surface area contributed by atoms with Gasteiger partial charge in [-0.25, -0.2) is 0 Å². The van der Waals surface area contributed by atoms with E-state index in [4.69, 9.17) is 13.9 Å². The summed E-state index contributed by atoms with van der Waals surface area (Å²) < 4.78 is 17.5. The van der Waals surface area contributed by atoms with Crippen molar-refractivity contribution < 1.29 is 23.8 Å². The number of furan rings is 1. The number of aliphatic hydroxyl groups is 1. The molecule has 238 valence electrons. The van der Waals surface area contributed by atoms with E-state index in [-0.39, 0.29) is 11.9 Å². The van der Waals surface area contributed by atoms with Crippen LogP contribution in [0.25, 0.3) is 11.0 Å². The number of carbonyl (C=O) groups excluding carboxylic acids is 1. The van der Waals surface area contributed by atoms with E-state index in [2.05, 4.69) is 35.3 Å². The van der Waals surface area contributed by atoms with Crippen molar-refractivity contribution in [3.05, 3.63) is 65.8 Å². The van der Waals surface area contributed by atoms with Crippen molar-refractivity contribution in [3.8, 4) is 18.6 Å². The molecule has 44 heavy (non-hydrogen) atoms. The molecule has 1 aromatic heterocycles. The van der Waals surface area contributed by atoms with Crippen LogP contribution in [0.5, 0.6) is 5.75 Å². The molecule has 1 aliphatic carbocycles. The first-order valence-corrected chi connectivity index (χ1v) is 16.0. The molecule has 1 atom stereocenters. The average Bonchev–Trinajstić information content (AvgIpc) is 3.48. The number of likely N-dealkylation sites (tertiary alicyclic amines) is 1. The van der Waals surface area contributed by atoms with Crippen molar-refractivity contribution in [2.45, 2.75) is 83.5 Å². The quantitative estimate of drug-likeness (QED) is 0.294. The zero-order valence-corrected chi connectivity index (χ0v) is 26.4. The smallest absolute Gasteiger partial charge is 0.267 e. The van der Waals surface area contributed by atoms with E-state index in [0.29, 0.717) is 31.9 Å². The van der Waals surface area contributed by atoms with Gasteiger partial charge in [-0.15, -0.1) is 12.8 Å². The first kappa shape index (κ1) is 33.2. The molecule has 2 aromatic rings. The molecule has 1 aromatic carbocycles. The van der Waals surface area contributed by atoms with Crippen LogP contribution in [0.15, 0.2) is 64.6 Å². The van der Waals surface area contributed by atoms with Gasteiger partial charge in [-0.2, -0.15) is 0 Å². The number of terminal acetylenes is 1. The number of rotatable bonds is 10. The summed E-state index contributed by atoms with van der Waals surface area (Å²) in [5, 5.41) is 18.7. The van der Waals surface area contributed by atoms with Crippen LogP contribution in [0.1, 0.15) is 70.8 Å². The summed E-state index contributed by atoms with van der Waals surface area (Å²) in [5.41, 5.74) is 1.66. The maximum atomic E-state index is 13.2. The maximum absolute atomic E-state index is 13.2. The van der Waals surface area contributed by atoms with Crippen molar-refractivity contribution >= 4 is 16.9 Å². The largest absolute Gasteiger partial charge is 0.494 e. The van der Waals surface area contributed by atoms with Gasteiger partial charge in [0, 0.05) is 49.1 Å². The summed E-state index contributed by atoms with van der Waals surface area (Å²) in [6.45, 7) is 9.05. The zero-order valence-electron chi connectivity index (χ0n) is 26.4. The van der Waals surface area contributed by atoms with E-state index in [9.17, 15) is 9.90 Å². The molecule has 0 radical (unpaired) electrons. The molecular formula is C36H49N3O5. The van der Waals surface area contributed by atoms with Gasteiger partial charge in [0.1, 0.15) is 23.7 Å². The van der Waals surface area contributed by atoms with Crippen LogP contribution in [-0.4, -0.2) is 60.3 Å². The van der Waals surface area contributed by atoms with Crippen molar-refractivity contribution in [1.82, 2.24) is 15.5 Å². The minimum atomic E-state index is -0.620. The van der Waals surface area contributed by atoms with E-state index in [0.717, 1.165) is 85.7 Å². The standard InChI is InChI=1S/C34H47N3O5.C2H2/c1-3-40-29-9-11-30-26(24-42-32(30)21-29)23-41-28-8-4-5-18-35-31(12-10-28)33(38)36-27-13-15-34(39,16-14-27)17-20-37-19-6-7-25(2)22-37;1-2/h4-5,8-9,11-12,21,24-25,27,35,39H,3,6-7,10,13-20,22-23H2,1-2H3,(H,36,38);1-2H/b5-4-,28-8+,31-12-;/t25-,27?,34?;/m1./s1. The maximum Gasteiger partial charge on any atom is 0.267 e. The van der Waals surface area contributed by atoms with Crippen LogP contribution < -0.4 is 15.4 Å². The number of hydrogen-bond acceptors (Lipinski definition) is 7. The summed E-state index contributed by atoms with van der Waals surface area (Å²) in [7, 11) is 0. The van der Waals surface area contributed by atoms with Crippen molar-refractivity contribution in [3.63, 3.8) is 0 Å². The lowest BCUT2D eigenvalue weighted by Crippen LogP contribution is -2.46. The Kier molecular flexibility index (Phi) is 12.4. The predicted molar refractivity (Wildman–Crippen MR) is 175 cm³/mol. The Morgan fingerprint density at radius 2 is 2.05 bits per heavy atom. The lowest BCUT2D eigenvalue weighted by Gasteiger charge is -2.39. The number of piperidine rings is 1. The highest BCUT2D eigenvalue weighted by molar-refractivity contribution is 5.93. The monoisotopic (exact) mass is 603 g/mol. The van der Waals surface area contributed by atoms with Crippen molar-refractivity contribution in [1.29, 1.82) is 0 Å². The molecule has 8 nitrogen and oxygen atoms in total. The number of amides is 1. The molecule has 2 aliphatic heterocycles. The number of allylic oxidation sites excluding steroid dienone is 3. The van der Waals surface area contributed by atoms with Gasteiger partial charge in [-0.1, -0.05) is 19.1 Å². The molecule has 0 bridgehead atoms. The van der Waals surface area contributed by atoms with E-state index in [1.807, 2.05) is 49.4 Å². The zero-order chi connectivity index (χ0) is 31.4. The van der Waals surface area contributed by atoms with Crippen LogP contribution in [0, 0.1) is 18.8 Å². The Morgan fingerprint density at radius 1 is 1.23 bits per heavy atom. The summed E-state index contributed by atoms with van der Waals surface area (Å²) >= 11 is 0. The number of carbonyl (C=O) groups is 1. The molecular weight excluding hydrogens is 554 g/mol. The molecule has 8 heteroatoms. The second-order valence-corrected chi connectivity index (χ2v) is 12.2. The fourth-order valence-corrected chi connectivity index (χ4v) is 6.31. The summed E-state index contributed by atoms with van der Waals surface area (Å²) in [5.74, 6) is 2.20. The Labute approximate surface area is 262 Å². The van der Waals surface area contributed by atoms with Gasteiger partial charge < -0.3 is 34.5 Å². The number of fused-ring (bicyclic) bond motifs is 1. The van der Waals surface area contributed by atoms with Gasteiger partial charge in [-0.05, 0) is 88.6 Å². The lowest BCUT2D eigenvalue weighted by molar-refractivity contribution is -0.119. The predicted octanol–water partition coefficient (Wildman–Crippen LogP) is 5.83. The van der Waals surface area contributed by atoms with Crippen LogP contribution >= 0.6 is 0 Å². The second kappa shape index (κ2) is 16.4. The Morgan fingerprint density at radius 3 is 2.82 bits per heavy atom. The molecule has 1 amide bonds. The Bertz CT molecular complexity index is 1330. The first-order chi connectivity index (χ1) is 21.4. The second-order valence-electron chi connectivity index (χ2n) is 12.2. The Balaban J connectivity index is 0.00000216. The molecule has 0 spiro atoms. The van der Waals surface area contributed by atoms with Crippen LogP contribution in [0.4, 0.5) is 0 Å². The highest BCUT2D eigenvalue weighted by Gasteiger charge is 2.34. The highest BCUT2D eigenvalue weighted by Crippen LogP contribution is 2.32. The minimum absolute atomic E-state index is 0.0718. The first-order valence-electron chi connectivity index (χ1n) is 16.0. The summed E-state index contributed by atoms with van der Waals surface area (Å²) in [6.07, 6.45) is 24.4. The van der Waals surface area contributed by atoms with Gasteiger partial charge in [0.05, 0.1) is 24.2 Å². The molecule has 5 rings (SSSR count). The topological polar surface area (TPSA) is 96.2 Å². The van der Waals surface area contributed by atoms with Gasteiger partial charge >= 0.3 is 0 Å². The molecule has 3 heterocycles. The molecule has 3 aliphatic rings. The third-order valence-corrected chi connectivity index (χ3v) is 8.82. The number of nitrogens with zero attached hydrogens (tertiary/aromatic N) is 1. The molecule has 2 fully saturated rings. The lowest BCUT2D eigenvalue weighted by atomic mass is 9.80. The molecule has 3 N–H and O–H groups in total. The molecule has 0 unspecified atom stereocenters. The van der Waals surface area contributed by atoms with Gasteiger partial charge in [-0.3, -0.25) is 4.79 Å². The van der Waals surface area contributed by atoms with Crippen LogP contribution in [0.2, 0.25) is 0 Å². The molecule has 1 saturated carbocycles. The van der Waals surface area contributed by atoms with E-state index in [1.165, 1.54) is 12.8 Å². The van der Waals surface area contributed by atoms with Crippen LogP contribution in [-0.2, 0) is 16.1 Å². The fraction of sp³-hybridized carbons (Fsp3) is 0.528. The van der Waals surface area contributed by atoms with Gasteiger partial charge in [0.2, 0.25) is 0 Å². The SMILES string of the molecule is C#C.CCOc1ccc2c(CO/C3=C/C=C\CN/C(C(=O)NC4CCC(O)(CCN5CCC[C@@H](C)C5)CC4)=C\C3)coc2c1. The third-order valence-electron chi connectivity index (χ3n) is 8.82. The third kappa shape index (κ3) is 9.41. The molecule has 1 saturated heterocycles. The normalized spacial score (nSPS) is 27.4. The van der Waals surface area contributed by atoms with E-state index in [1.54, 1.807) is 6.26 Å². The van der Waals surface area contributed by atoms with Gasteiger partial charge in [0.25, 0.3) is 5.91 Å². The fourth-order valence-electron chi connectivity index (χ4n) is 6.31. The number of nitrogens with one attached hydrogen (secondary N) is 2. The Hall–Kier alpha value is -3.67. The summed E-state index contributed by atoms with van der Waals surface area (Å²) in [4.78, 5) is 15.7. The number of hydrogen-bond donors (Lipinski definition) is 3.